The van der Waals surface area contributed by atoms with E-state index in [4.69, 9.17) is 0 Å². The van der Waals surface area contributed by atoms with E-state index >= 15 is 0 Å². The Balaban J connectivity index is 1.20. The molecule has 0 fully saturated rings. The number of fused-ring (bicyclic) bond motifs is 4. The fourth-order valence-corrected chi connectivity index (χ4v) is 8.74. The number of hydrogen-bond acceptors (Lipinski definition) is 0. The Morgan fingerprint density at radius 2 is 0.818 bits per heavy atom. The Labute approximate surface area is 323 Å². The third-order valence-electron chi connectivity index (χ3n) is 11.4. The quantitative estimate of drug-likeness (QED) is 0.145. The molecule has 0 heterocycles. The minimum absolute atomic E-state index is 1.10. The second-order valence-corrected chi connectivity index (χ2v) is 14.7. The first kappa shape index (κ1) is 32.9. The molecule has 10 rings (SSSR count). The molecule has 0 atom stereocenters. The van der Waals surface area contributed by atoms with Crippen LogP contribution < -0.4 is 0 Å². The number of benzene rings is 10. The molecule has 0 unspecified atom stereocenters. The highest BCUT2D eigenvalue weighted by Crippen LogP contribution is 2.46. The molecule has 10 aromatic rings. The normalized spacial score (nSPS) is 11.5. The van der Waals surface area contributed by atoms with Gasteiger partial charge >= 0.3 is 0 Å². The van der Waals surface area contributed by atoms with Crippen molar-refractivity contribution in [2.24, 2.45) is 0 Å². The highest BCUT2D eigenvalue weighted by atomic mass is 14.2. The topological polar surface area (TPSA) is 0 Å². The van der Waals surface area contributed by atoms with Crippen molar-refractivity contribution in [2.75, 3.05) is 0 Å². The summed E-state index contributed by atoms with van der Waals surface area (Å²) in [5.41, 5.74) is 13.8. The molecule has 0 N–H and O–H groups in total. The lowest BCUT2D eigenvalue weighted by molar-refractivity contribution is 0.922. The van der Waals surface area contributed by atoms with E-state index < -0.39 is 0 Å². The van der Waals surface area contributed by atoms with Crippen LogP contribution in [0.1, 0.15) is 18.9 Å². The number of hydrogen-bond donors (Lipinski definition) is 0. The van der Waals surface area contributed by atoms with Crippen molar-refractivity contribution in [1.29, 1.82) is 0 Å². The van der Waals surface area contributed by atoms with Crippen molar-refractivity contribution < 1.29 is 0 Å². The molecule has 0 aromatic heterocycles. The van der Waals surface area contributed by atoms with Gasteiger partial charge in [-0.2, -0.15) is 0 Å². The van der Waals surface area contributed by atoms with E-state index in [9.17, 15) is 0 Å². The van der Waals surface area contributed by atoms with E-state index in [0.717, 1.165) is 12.8 Å². The molecule has 0 aliphatic rings. The maximum atomic E-state index is 2.45. The average molecular weight is 701 g/mol. The molecule has 0 aliphatic heterocycles. The van der Waals surface area contributed by atoms with Gasteiger partial charge in [0.2, 0.25) is 0 Å². The smallest absolute Gasteiger partial charge is 0.00261 e. The zero-order chi connectivity index (χ0) is 36.7. The van der Waals surface area contributed by atoms with Crippen LogP contribution in [0.3, 0.4) is 0 Å². The monoisotopic (exact) mass is 700 g/mol. The molecule has 0 amide bonds. The van der Waals surface area contributed by atoms with Gasteiger partial charge in [0.05, 0.1) is 0 Å². The third kappa shape index (κ3) is 5.88. The lowest BCUT2D eigenvalue weighted by Crippen LogP contribution is -1.92. The summed E-state index contributed by atoms with van der Waals surface area (Å²) < 4.78 is 0. The predicted octanol–water partition coefficient (Wildman–Crippen LogP) is 15.6. The molecule has 0 nitrogen and oxygen atoms in total. The van der Waals surface area contributed by atoms with Gasteiger partial charge in [0, 0.05) is 0 Å². The summed E-state index contributed by atoms with van der Waals surface area (Å²) in [6, 6.07) is 74.2. The van der Waals surface area contributed by atoms with Crippen LogP contribution in [0, 0.1) is 0 Å². The maximum absolute atomic E-state index is 2.45. The van der Waals surface area contributed by atoms with Crippen molar-refractivity contribution in [1.82, 2.24) is 0 Å². The van der Waals surface area contributed by atoms with E-state index in [-0.39, 0.29) is 0 Å². The Morgan fingerprint density at radius 1 is 0.291 bits per heavy atom. The van der Waals surface area contributed by atoms with Crippen LogP contribution in [0.4, 0.5) is 0 Å². The SMILES string of the molecule is CCCc1ccc(-c2c3ccccc3c(-c3ccc4c(-c5ccccc5)ccc(-c5cccc(-c6ccc7ccccc7c6)c5)c4c3)c3ccccc23)cc1. The van der Waals surface area contributed by atoms with Gasteiger partial charge in [0.25, 0.3) is 0 Å². The molecule has 0 saturated carbocycles. The van der Waals surface area contributed by atoms with Crippen molar-refractivity contribution in [3.8, 4) is 55.6 Å². The van der Waals surface area contributed by atoms with Crippen LogP contribution in [-0.2, 0) is 6.42 Å². The van der Waals surface area contributed by atoms with Crippen LogP contribution in [0.2, 0.25) is 0 Å². The molecule has 260 valence electrons. The predicted molar refractivity (Wildman–Crippen MR) is 238 cm³/mol. The van der Waals surface area contributed by atoms with Gasteiger partial charge < -0.3 is 0 Å². The number of aryl methyl sites for hydroxylation is 1. The molecule has 0 spiro atoms. The fourth-order valence-electron chi connectivity index (χ4n) is 8.74. The Hall–Kier alpha value is -6.76. The van der Waals surface area contributed by atoms with E-state index in [1.165, 1.54) is 104 Å². The van der Waals surface area contributed by atoms with Gasteiger partial charge in [0.1, 0.15) is 0 Å². The Bertz CT molecular complexity index is 2960. The highest BCUT2D eigenvalue weighted by molar-refractivity contribution is 6.22. The summed E-state index contributed by atoms with van der Waals surface area (Å²) in [7, 11) is 0. The van der Waals surface area contributed by atoms with Crippen LogP contribution >= 0.6 is 0 Å². The summed E-state index contributed by atoms with van der Waals surface area (Å²) in [5.74, 6) is 0. The fraction of sp³-hybridized carbons (Fsp3) is 0.0545. The molecular weight excluding hydrogens is 661 g/mol. The summed E-state index contributed by atoms with van der Waals surface area (Å²) in [5, 5.41) is 10.1. The van der Waals surface area contributed by atoms with Crippen molar-refractivity contribution in [3.05, 3.63) is 206 Å². The lowest BCUT2D eigenvalue weighted by atomic mass is 9.84. The van der Waals surface area contributed by atoms with Gasteiger partial charge in [0.15, 0.2) is 0 Å². The van der Waals surface area contributed by atoms with E-state index in [2.05, 4.69) is 207 Å². The highest BCUT2D eigenvalue weighted by Gasteiger charge is 2.18. The maximum Gasteiger partial charge on any atom is -0.00261 e. The standard InChI is InChI=1S/C55H40/c1-2-13-37-24-26-40(27-25-37)54-49-20-8-10-22-51(49)55(52-23-11-9-21-50(52)54)45-30-31-48-46(39-15-4-3-5-16-39)32-33-47(53(48)36-45)44-19-12-18-42(35-44)43-29-28-38-14-6-7-17-41(38)34-43/h3-12,14-36H,2,13H2,1H3. The lowest BCUT2D eigenvalue weighted by Gasteiger charge is -2.19. The summed E-state index contributed by atoms with van der Waals surface area (Å²) >= 11 is 0. The second kappa shape index (κ2) is 13.9. The molecule has 0 bridgehead atoms. The largest absolute Gasteiger partial charge is 0.0651 e. The van der Waals surface area contributed by atoms with Gasteiger partial charge in [-0.25, -0.2) is 0 Å². The van der Waals surface area contributed by atoms with E-state index in [1.807, 2.05) is 0 Å². The zero-order valence-corrected chi connectivity index (χ0v) is 31.0. The number of rotatable bonds is 7. The molecule has 0 radical (unpaired) electrons. The summed E-state index contributed by atoms with van der Waals surface area (Å²) in [4.78, 5) is 0. The Kier molecular flexibility index (Phi) is 8.30. The minimum Gasteiger partial charge on any atom is -0.0651 e. The zero-order valence-electron chi connectivity index (χ0n) is 31.0. The second-order valence-electron chi connectivity index (χ2n) is 14.7. The van der Waals surface area contributed by atoms with Gasteiger partial charge in [-0.3, -0.25) is 0 Å². The van der Waals surface area contributed by atoms with Crippen molar-refractivity contribution in [2.45, 2.75) is 19.8 Å². The van der Waals surface area contributed by atoms with E-state index in [0.29, 0.717) is 0 Å². The average Bonchev–Trinajstić information content (AvgIpc) is 3.25. The molecule has 10 aromatic carbocycles. The van der Waals surface area contributed by atoms with E-state index in [1.54, 1.807) is 0 Å². The molecular formula is C55H40. The third-order valence-corrected chi connectivity index (χ3v) is 11.4. The molecule has 55 heavy (non-hydrogen) atoms. The van der Waals surface area contributed by atoms with Crippen LogP contribution in [-0.4, -0.2) is 0 Å². The van der Waals surface area contributed by atoms with Crippen LogP contribution in [0.15, 0.2) is 200 Å². The van der Waals surface area contributed by atoms with Crippen LogP contribution in [0.25, 0.3) is 98.7 Å². The summed E-state index contributed by atoms with van der Waals surface area (Å²) in [6.07, 6.45) is 2.25. The molecule has 0 aliphatic carbocycles. The Morgan fingerprint density at radius 3 is 1.51 bits per heavy atom. The van der Waals surface area contributed by atoms with Crippen LogP contribution in [0.5, 0.6) is 0 Å². The van der Waals surface area contributed by atoms with Gasteiger partial charge in [-0.15, -0.1) is 0 Å². The minimum atomic E-state index is 1.10. The first-order valence-corrected chi connectivity index (χ1v) is 19.5. The first-order chi connectivity index (χ1) is 27.2. The van der Waals surface area contributed by atoms with Gasteiger partial charge in [-0.05, 0) is 129 Å². The van der Waals surface area contributed by atoms with Crippen molar-refractivity contribution >= 4 is 43.1 Å². The molecule has 0 saturated heterocycles. The van der Waals surface area contributed by atoms with Crippen molar-refractivity contribution in [3.63, 3.8) is 0 Å². The first-order valence-electron chi connectivity index (χ1n) is 19.5. The van der Waals surface area contributed by atoms with Gasteiger partial charge in [-0.1, -0.05) is 195 Å². The molecule has 0 heteroatoms. The summed E-state index contributed by atoms with van der Waals surface area (Å²) in [6.45, 7) is 2.25.